The van der Waals surface area contributed by atoms with Crippen LogP contribution < -0.4 is 10.2 Å². The van der Waals surface area contributed by atoms with E-state index in [0.717, 1.165) is 54.3 Å². The lowest BCUT2D eigenvalue weighted by molar-refractivity contribution is 0.0815. The minimum absolute atomic E-state index is 0.176. The molecule has 1 aliphatic heterocycles. The van der Waals surface area contributed by atoms with Crippen LogP contribution in [0.3, 0.4) is 0 Å². The predicted molar refractivity (Wildman–Crippen MR) is 110 cm³/mol. The molecule has 29 heavy (non-hydrogen) atoms. The van der Waals surface area contributed by atoms with Crippen molar-refractivity contribution in [2.75, 3.05) is 32.1 Å². The van der Waals surface area contributed by atoms with Gasteiger partial charge in [0.25, 0.3) is 5.91 Å². The average molecular weight is 394 g/mol. The highest BCUT2D eigenvalue weighted by Crippen LogP contribution is 2.24. The van der Waals surface area contributed by atoms with Crippen molar-refractivity contribution in [2.45, 2.75) is 32.9 Å². The fourth-order valence-electron chi connectivity index (χ4n) is 3.54. The monoisotopic (exact) mass is 394 g/mol. The van der Waals surface area contributed by atoms with Crippen LogP contribution >= 0.6 is 0 Å². The molecule has 0 radical (unpaired) electrons. The van der Waals surface area contributed by atoms with Gasteiger partial charge in [-0.3, -0.25) is 4.79 Å². The third kappa shape index (κ3) is 3.91. The first-order valence-corrected chi connectivity index (χ1v) is 9.76. The molecule has 9 nitrogen and oxygen atoms in total. The third-order valence-corrected chi connectivity index (χ3v) is 5.34. The normalized spacial score (nSPS) is 16.6. The van der Waals surface area contributed by atoms with Gasteiger partial charge >= 0.3 is 0 Å². The van der Waals surface area contributed by atoms with Gasteiger partial charge in [0.05, 0.1) is 6.20 Å². The Morgan fingerprint density at radius 2 is 2.14 bits per heavy atom. The number of anilines is 1. The van der Waals surface area contributed by atoms with Gasteiger partial charge in [-0.2, -0.15) is 5.10 Å². The molecule has 1 aliphatic rings. The zero-order chi connectivity index (χ0) is 20.5. The number of carbonyl (C=O) groups is 1. The van der Waals surface area contributed by atoms with E-state index < -0.39 is 0 Å². The van der Waals surface area contributed by atoms with E-state index in [4.69, 9.17) is 0 Å². The molecule has 0 aromatic carbocycles. The Hall–Kier alpha value is -3.07. The number of rotatable bonds is 5. The van der Waals surface area contributed by atoms with Crippen LogP contribution in [0.4, 0.5) is 5.82 Å². The van der Waals surface area contributed by atoms with Gasteiger partial charge in [-0.05, 0) is 20.3 Å². The zero-order valence-electron chi connectivity index (χ0n) is 17.3. The highest BCUT2D eigenvalue weighted by Gasteiger charge is 2.26. The summed E-state index contributed by atoms with van der Waals surface area (Å²) in [6, 6.07) is 2.22. The average Bonchev–Trinajstić information content (AvgIpc) is 3.36. The largest absolute Gasteiger partial charge is 0.355 e. The van der Waals surface area contributed by atoms with E-state index in [2.05, 4.69) is 30.3 Å². The maximum Gasteiger partial charge on any atom is 0.291 e. The number of aromatic nitrogens is 5. The minimum atomic E-state index is -0.176. The predicted octanol–water partition coefficient (Wildman–Crippen LogP) is 1.21. The molecular formula is C20H26N8O. The molecule has 0 aliphatic carbocycles. The van der Waals surface area contributed by atoms with Crippen molar-refractivity contribution in [3.05, 3.63) is 47.3 Å². The molecule has 1 atom stereocenters. The lowest BCUT2D eigenvalue weighted by atomic mass is 10.2. The Morgan fingerprint density at radius 1 is 1.31 bits per heavy atom. The summed E-state index contributed by atoms with van der Waals surface area (Å²) in [6.07, 6.45) is 6.64. The molecule has 1 amide bonds. The molecule has 1 fully saturated rings. The van der Waals surface area contributed by atoms with Crippen molar-refractivity contribution in [3.63, 3.8) is 0 Å². The summed E-state index contributed by atoms with van der Waals surface area (Å²) in [5, 5.41) is 7.84. The summed E-state index contributed by atoms with van der Waals surface area (Å²) >= 11 is 0. The topological polar surface area (TPSA) is 91.5 Å². The summed E-state index contributed by atoms with van der Waals surface area (Å²) in [5.41, 5.74) is 3.80. The van der Waals surface area contributed by atoms with E-state index in [0.29, 0.717) is 6.04 Å². The number of aryl methyl sites for hydroxylation is 1. The van der Waals surface area contributed by atoms with Crippen LogP contribution in [0.15, 0.2) is 24.7 Å². The maximum atomic E-state index is 12.3. The first-order valence-electron chi connectivity index (χ1n) is 9.76. The molecule has 0 saturated carbocycles. The number of nitrogens with one attached hydrogen (secondary N) is 1. The summed E-state index contributed by atoms with van der Waals surface area (Å²) in [7, 11) is 3.43. The summed E-state index contributed by atoms with van der Waals surface area (Å²) in [6.45, 7) is 6.40. The molecule has 3 aromatic rings. The summed E-state index contributed by atoms with van der Waals surface area (Å²) in [5.74, 6) is 0.930. The van der Waals surface area contributed by atoms with Crippen molar-refractivity contribution in [3.8, 4) is 0 Å². The lowest BCUT2D eigenvalue weighted by Gasteiger charge is -2.22. The molecule has 4 heterocycles. The Kier molecular flexibility index (Phi) is 5.14. The van der Waals surface area contributed by atoms with E-state index in [9.17, 15) is 4.79 Å². The quantitative estimate of drug-likeness (QED) is 0.695. The first-order chi connectivity index (χ1) is 13.9. The standard InChI is InChI=1S/C20H26N8O/c1-13-14(2)24-18(20(29)26(3)4)25-19(13)27-8-6-16(12-27)21-9-15-10-22-17-5-7-23-28(17)11-15/h5,7,10-11,16,21H,6,8-9,12H2,1-4H3/t16-/m1/s1. The van der Waals surface area contributed by atoms with Crippen LogP contribution in [0.5, 0.6) is 0 Å². The second-order valence-corrected chi connectivity index (χ2v) is 7.69. The number of amides is 1. The molecule has 3 aromatic heterocycles. The maximum absolute atomic E-state index is 12.3. The fourth-order valence-corrected chi connectivity index (χ4v) is 3.54. The SMILES string of the molecule is Cc1nc(C(=O)N(C)C)nc(N2CC[C@@H](NCc3cnc4ccnn4c3)C2)c1C. The van der Waals surface area contributed by atoms with Gasteiger partial charge in [0.2, 0.25) is 5.82 Å². The number of fused-ring (bicyclic) bond motifs is 1. The zero-order valence-corrected chi connectivity index (χ0v) is 17.3. The second kappa shape index (κ2) is 7.75. The van der Waals surface area contributed by atoms with Crippen molar-refractivity contribution >= 4 is 17.4 Å². The number of carbonyl (C=O) groups excluding carboxylic acids is 1. The van der Waals surface area contributed by atoms with E-state index >= 15 is 0 Å². The van der Waals surface area contributed by atoms with Crippen LogP contribution in [-0.4, -0.2) is 68.6 Å². The summed E-state index contributed by atoms with van der Waals surface area (Å²) < 4.78 is 1.79. The van der Waals surface area contributed by atoms with Crippen molar-refractivity contribution in [2.24, 2.45) is 0 Å². The van der Waals surface area contributed by atoms with Crippen molar-refractivity contribution in [1.29, 1.82) is 0 Å². The van der Waals surface area contributed by atoms with Crippen LogP contribution in [0.25, 0.3) is 5.65 Å². The number of hydrogen-bond acceptors (Lipinski definition) is 7. The second-order valence-electron chi connectivity index (χ2n) is 7.69. The Labute approximate surface area is 169 Å². The van der Waals surface area contributed by atoms with E-state index in [1.807, 2.05) is 32.3 Å². The Bertz CT molecular complexity index is 1040. The molecule has 1 N–H and O–H groups in total. The highest BCUT2D eigenvalue weighted by atomic mass is 16.2. The number of nitrogens with zero attached hydrogens (tertiary/aromatic N) is 7. The number of hydrogen-bond donors (Lipinski definition) is 1. The molecule has 0 spiro atoms. The van der Waals surface area contributed by atoms with E-state index in [1.54, 1.807) is 24.8 Å². The summed E-state index contributed by atoms with van der Waals surface area (Å²) in [4.78, 5) is 29.5. The molecule has 4 rings (SSSR count). The van der Waals surface area contributed by atoms with Gasteiger partial charge in [0.15, 0.2) is 5.65 Å². The van der Waals surface area contributed by atoms with Gasteiger partial charge in [0, 0.05) is 75.1 Å². The minimum Gasteiger partial charge on any atom is -0.355 e. The van der Waals surface area contributed by atoms with Gasteiger partial charge in [-0.25, -0.2) is 19.5 Å². The van der Waals surface area contributed by atoms with Gasteiger partial charge in [-0.15, -0.1) is 0 Å². The first kappa shape index (κ1) is 19.3. The van der Waals surface area contributed by atoms with Gasteiger partial charge in [-0.1, -0.05) is 0 Å². The van der Waals surface area contributed by atoms with Crippen LogP contribution in [0, 0.1) is 13.8 Å². The van der Waals surface area contributed by atoms with Crippen molar-refractivity contribution in [1.82, 2.24) is 34.8 Å². The van der Waals surface area contributed by atoms with E-state index in [-0.39, 0.29) is 11.7 Å². The van der Waals surface area contributed by atoms with Crippen molar-refractivity contribution < 1.29 is 4.79 Å². The fraction of sp³-hybridized carbons (Fsp3) is 0.450. The Balaban J connectivity index is 1.44. The van der Waals surface area contributed by atoms with Crippen LogP contribution in [-0.2, 0) is 6.54 Å². The highest BCUT2D eigenvalue weighted by molar-refractivity contribution is 5.90. The van der Waals surface area contributed by atoms with E-state index in [1.165, 1.54) is 4.90 Å². The molecule has 152 valence electrons. The Morgan fingerprint density at radius 3 is 2.93 bits per heavy atom. The smallest absolute Gasteiger partial charge is 0.291 e. The molecular weight excluding hydrogens is 368 g/mol. The molecule has 0 bridgehead atoms. The van der Waals surface area contributed by atoms with Crippen LogP contribution in [0.2, 0.25) is 0 Å². The third-order valence-electron chi connectivity index (χ3n) is 5.34. The van der Waals surface area contributed by atoms with Crippen LogP contribution in [0.1, 0.15) is 33.9 Å². The molecule has 1 saturated heterocycles. The lowest BCUT2D eigenvalue weighted by Crippen LogP contribution is -2.33. The van der Waals surface area contributed by atoms with Gasteiger partial charge < -0.3 is 15.1 Å². The van der Waals surface area contributed by atoms with Gasteiger partial charge in [0.1, 0.15) is 5.82 Å². The molecule has 0 unspecified atom stereocenters. The molecule has 9 heteroatoms.